The van der Waals surface area contributed by atoms with Crippen molar-refractivity contribution in [3.05, 3.63) is 29.8 Å². The van der Waals surface area contributed by atoms with Crippen LogP contribution in [0.15, 0.2) is 24.3 Å². The third-order valence-electron chi connectivity index (χ3n) is 2.28. The third-order valence-corrected chi connectivity index (χ3v) is 2.28. The lowest BCUT2D eigenvalue weighted by Gasteiger charge is -2.09. The molecule has 15 heavy (non-hydrogen) atoms. The number of hydrogen-bond donors (Lipinski definition) is 0. The average Bonchev–Trinajstić information content (AvgIpc) is 2.28. The largest absolute Gasteiger partial charge is 0.497 e. The predicted octanol–water partition coefficient (Wildman–Crippen LogP) is 2.05. The van der Waals surface area contributed by atoms with Crippen LogP contribution in [0.4, 0.5) is 0 Å². The molecule has 0 bridgehead atoms. The molecule has 0 radical (unpaired) electrons. The first-order valence-corrected chi connectivity index (χ1v) is 4.88. The molecule has 1 unspecified atom stereocenters. The Balaban J connectivity index is 2.67. The zero-order valence-electron chi connectivity index (χ0n) is 9.32. The molecule has 3 nitrogen and oxygen atoms in total. The molecule has 0 aliphatic carbocycles. The Morgan fingerprint density at radius 2 is 2.13 bits per heavy atom. The lowest BCUT2D eigenvalue weighted by Crippen LogP contribution is -2.15. The Labute approximate surface area is 90.0 Å². The van der Waals surface area contributed by atoms with E-state index < -0.39 is 0 Å². The minimum Gasteiger partial charge on any atom is -0.497 e. The van der Waals surface area contributed by atoms with Gasteiger partial charge in [0.2, 0.25) is 0 Å². The van der Waals surface area contributed by atoms with E-state index in [1.807, 2.05) is 31.2 Å². The summed E-state index contributed by atoms with van der Waals surface area (Å²) in [4.78, 5) is 11.2. The van der Waals surface area contributed by atoms with Gasteiger partial charge in [-0.1, -0.05) is 19.1 Å². The second-order valence-corrected chi connectivity index (χ2v) is 3.48. The van der Waals surface area contributed by atoms with Crippen LogP contribution in [0.3, 0.4) is 0 Å². The van der Waals surface area contributed by atoms with E-state index in [-0.39, 0.29) is 11.9 Å². The van der Waals surface area contributed by atoms with Crippen molar-refractivity contribution in [2.75, 3.05) is 14.2 Å². The molecule has 0 aliphatic heterocycles. The van der Waals surface area contributed by atoms with Crippen molar-refractivity contribution in [2.24, 2.45) is 5.92 Å². The van der Waals surface area contributed by atoms with Gasteiger partial charge in [0.1, 0.15) is 5.75 Å². The second-order valence-electron chi connectivity index (χ2n) is 3.48. The molecule has 0 heterocycles. The number of carbonyl (C=O) groups is 1. The SMILES string of the molecule is COC(=O)C(C)Cc1cccc(OC)c1. The van der Waals surface area contributed by atoms with Gasteiger partial charge in [-0.05, 0) is 24.1 Å². The van der Waals surface area contributed by atoms with Crippen molar-refractivity contribution in [1.82, 2.24) is 0 Å². The fourth-order valence-electron chi connectivity index (χ4n) is 1.44. The first kappa shape index (κ1) is 11.6. The summed E-state index contributed by atoms with van der Waals surface area (Å²) in [5.74, 6) is 0.504. The van der Waals surface area contributed by atoms with Crippen LogP contribution < -0.4 is 4.74 Å². The summed E-state index contributed by atoms with van der Waals surface area (Å²) in [5.41, 5.74) is 1.08. The van der Waals surface area contributed by atoms with Gasteiger partial charge in [0.15, 0.2) is 0 Å². The Hall–Kier alpha value is -1.51. The van der Waals surface area contributed by atoms with Gasteiger partial charge in [0, 0.05) is 0 Å². The number of carbonyl (C=O) groups excluding carboxylic acids is 1. The first-order chi connectivity index (χ1) is 7.17. The van der Waals surface area contributed by atoms with Crippen molar-refractivity contribution in [1.29, 1.82) is 0 Å². The monoisotopic (exact) mass is 208 g/mol. The van der Waals surface area contributed by atoms with Crippen LogP contribution in [0.25, 0.3) is 0 Å². The fourth-order valence-corrected chi connectivity index (χ4v) is 1.44. The molecule has 1 aromatic rings. The predicted molar refractivity (Wildman–Crippen MR) is 57.9 cm³/mol. The molecular formula is C12H16O3. The maximum atomic E-state index is 11.2. The van der Waals surface area contributed by atoms with E-state index in [4.69, 9.17) is 4.74 Å². The molecule has 0 spiro atoms. The lowest BCUT2D eigenvalue weighted by molar-refractivity contribution is -0.144. The number of hydrogen-bond acceptors (Lipinski definition) is 3. The fraction of sp³-hybridized carbons (Fsp3) is 0.417. The van der Waals surface area contributed by atoms with E-state index in [1.54, 1.807) is 7.11 Å². The summed E-state index contributed by atoms with van der Waals surface area (Å²) in [6.07, 6.45) is 0.671. The van der Waals surface area contributed by atoms with E-state index in [9.17, 15) is 4.79 Å². The summed E-state index contributed by atoms with van der Waals surface area (Å²) in [6.45, 7) is 1.85. The number of rotatable bonds is 4. The van der Waals surface area contributed by atoms with Gasteiger partial charge in [-0.15, -0.1) is 0 Å². The zero-order valence-corrected chi connectivity index (χ0v) is 9.32. The van der Waals surface area contributed by atoms with E-state index in [0.29, 0.717) is 6.42 Å². The standard InChI is InChI=1S/C12H16O3/c1-9(12(13)15-3)7-10-5-4-6-11(8-10)14-2/h4-6,8-9H,7H2,1-3H3. The summed E-state index contributed by atoms with van der Waals surface area (Å²) in [6, 6.07) is 7.70. The minimum absolute atomic E-state index is 0.123. The molecule has 1 rings (SSSR count). The van der Waals surface area contributed by atoms with Gasteiger partial charge < -0.3 is 9.47 Å². The van der Waals surface area contributed by atoms with Crippen molar-refractivity contribution >= 4 is 5.97 Å². The van der Waals surface area contributed by atoms with Gasteiger partial charge in [-0.25, -0.2) is 0 Å². The highest BCUT2D eigenvalue weighted by molar-refractivity contribution is 5.72. The second kappa shape index (κ2) is 5.39. The number of methoxy groups -OCH3 is 2. The Bertz CT molecular complexity index is 333. The molecule has 3 heteroatoms. The molecule has 82 valence electrons. The van der Waals surface area contributed by atoms with Crippen LogP contribution in [0.2, 0.25) is 0 Å². The van der Waals surface area contributed by atoms with Gasteiger partial charge in [-0.3, -0.25) is 4.79 Å². The van der Waals surface area contributed by atoms with Crippen molar-refractivity contribution in [2.45, 2.75) is 13.3 Å². The lowest BCUT2D eigenvalue weighted by atomic mass is 10.0. The van der Waals surface area contributed by atoms with Crippen LogP contribution in [0, 0.1) is 5.92 Å². The minimum atomic E-state index is -0.183. The molecule has 1 aromatic carbocycles. The van der Waals surface area contributed by atoms with Crippen LogP contribution in [-0.4, -0.2) is 20.2 Å². The van der Waals surface area contributed by atoms with Crippen LogP contribution in [-0.2, 0) is 16.0 Å². The van der Waals surface area contributed by atoms with Gasteiger partial charge in [0.25, 0.3) is 0 Å². The topological polar surface area (TPSA) is 35.5 Å². The summed E-state index contributed by atoms with van der Waals surface area (Å²) >= 11 is 0. The quantitative estimate of drug-likeness (QED) is 0.710. The third kappa shape index (κ3) is 3.27. The van der Waals surface area contributed by atoms with Gasteiger partial charge in [0.05, 0.1) is 20.1 Å². The molecule has 0 fully saturated rings. The first-order valence-electron chi connectivity index (χ1n) is 4.88. The Morgan fingerprint density at radius 1 is 1.40 bits per heavy atom. The van der Waals surface area contributed by atoms with Crippen molar-refractivity contribution in [3.63, 3.8) is 0 Å². The molecular weight excluding hydrogens is 192 g/mol. The van der Waals surface area contributed by atoms with Gasteiger partial charge in [-0.2, -0.15) is 0 Å². The van der Waals surface area contributed by atoms with E-state index in [0.717, 1.165) is 11.3 Å². The summed E-state index contributed by atoms with van der Waals surface area (Å²) in [7, 11) is 3.03. The molecule has 0 aromatic heterocycles. The number of esters is 1. The number of ether oxygens (including phenoxy) is 2. The van der Waals surface area contributed by atoms with Crippen LogP contribution in [0.1, 0.15) is 12.5 Å². The number of benzene rings is 1. The van der Waals surface area contributed by atoms with Crippen molar-refractivity contribution in [3.8, 4) is 5.75 Å². The normalized spacial score (nSPS) is 11.9. The van der Waals surface area contributed by atoms with Crippen LogP contribution >= 0.6 is 0 Å². The molecule has 0 aliphatic rings. The van der Waals surface area contributed by atoms with Crippen LogP contribution in [0.5, 0.6) is 5.75 Å². The summed E-state index contributed by atoms with van der Waals surface area (Å²) in [5, 5.41) is 0. The smallest absolute Gasteiger partial charge is 0.308 e. The summed E-state index contributed by atoms with van der Waals surface area (Å²) < 4.78 is 9.78. The van der Waals surface area contributed by atoms with Gasteiger partial charge >= 0.3 is 5.97 Å². The Kier molecular flexibility index (Phi) is 4.16. The maximum absolute atomic E-state index is 11.2. The molecule has 0 saturated heterocycles. The molecule has 0 N–H and O–H groups in total. The highest BCUT2D eigenvalue weighted by Crippen LogP contribution is 2.16. The van der Waals surface area contributed by atoms with E-state index >= 15 is 0 Å². The zero-order chi connectivity index (χ0) is 11.3. The molecule has 0 amide bonds. The molecule has 0 saturated carbocycles. The maximum Gasteiger partial charge on any atom is 0.308 e. The highest BCUT2D eigenvalue weighted by Gasteiger charge is 2.13. The van der Waals surface area contributed by atoms with Crippen molar-refractivity contribution < 1.29 is 14.3 Å². The van der Waals surface area contributed by atoms with E-state index in [1.165, 1.54) is 7.11 Å². The average molecular weight is 208 g/mol. The molecule has 1 atom stereocenters. The van der Waals surface area contributed by atoms with E-state index in [2.05, 4.69) is 4.74 Å². The Morgan fingerprint density at radius 3 is 2.73 bits per heavy atom. The highest BCUT2D eigenvalue weighted by atomic mass is 16.5.